The number of nitrogens with zero attached hydrogens (tertiary/aromatic N) is 2. The molecular formula is C24H27N3O2. The van der Waals surface area contributed by atoms with E-state index in [0.717, 1.165) is 54.0 Å². The number of methoxy groups -OCH3 is 1. The molecule has 0 spiro atoms. The van der Waals surface area contributed by atoms with E-state index in [2.05, 4.69) is 53.5 Å². The van der Waals surface area contributed by atoms with Gasteiger partial charge >= 0.3 is 0 Å². The molecule has 3 aromatic rings. The molecular weight excluding hydrogens is 362 g/mol. The molecule has 0 saturated carbocycles. The summed E-state index contributed by atoms with van der Waals surface area (Å²) in [6.45, 7) is 4.59. The molecule has 150 valence electrons. The molecule has 1 amide bonds. The molecule has 1 saturated heterocycles. The van der Waals surface area contributed by atoms with Gasteiger partial charge < -0.3 is 10.1 Å². The van der Waals surface area contributed by atoms with Gasteiger partial charge in [0.25, 0.3) is 0 Å². The average molecular weight is 389 g/mol. The monoisotopic (exact) mass is 389 g/mol. The van der Waals surface area contributed by atoms with E-state index in [4.69, 9.17) is 9.72 Å². The Labute approximate surface area is 171 Å². The molecule has 1 N–H and O–H groups in total. The normalized spacial score (nSPS) is 16.9. The molecule has 0 aliphatic carbocycles. The summed E-state index contributed by atoms with van der Waals surface area (Å²) in [4.78, 5) is 19.4. The van der Waals surface area contributed by atoms with E-state index in [0.29, 0.717) is 0 Å². The first-order valence-electron chi connectivity index (χ1n) is 10.1. The Hall–Kier alpha value is -2.92. The number of ether oxygens (including phenoxy) is 1. The van der Waals surface area contributed by atoms with Crippen molar-refractivity contribution in [1.29, 1.82) is 0 Å². The van der Waals surface area contributed by atoms with E-state index in [1.807, 2.05) is 12.1 Å². The van der Waals surface area contributed by atoms with Crippen LogP contribution in [0.4, 0.5) is 0 Å². The summed E-state index contributed by atoms with van der Waals surface area (Å²) in [6, 6.07) is 16.6. The predicted octanol–water partition coefficient (Wildman–Crippen LogP) is 3.79. The molecule has 1 atom stereocenters. The molecule has 5 nitrogen and oxygen atoms in total. The standard InChI is InChI=1S/C24H27N3O2/c1-16-5-4-6-18-13-20(15-27-12-11-19(14-27)24(28)25-2)23(26-22(16)18)17-7-9-21(29-3)10-8-17/h4-10,13,19H,11-12,14-15H2,1-3H3,(H,25,28)/t19-/m0/s1. The van der Waals surface area contributed by atoms with Crippen LogP contribution in [0.2, 0.25) is 0 Å². The number of aryl methyl sites for hydroxylation is 1. The maximum atomic E-state index is 12.0. The Morgan fingerprint density at radius 2 is 2.03 bits per heavy atom. The van der Waals surface area contributed by atoms with Crippen LogP contribution in [0.15, 0.2) is 48.5 Å². The van der Waals surface area contributed by atoms with Crippen LogP contribution in [0.1, 0.15) is 17.5 Å². The zero-order chi connectivity index (χ0) is 20.4. The summed E-state index contributed by atoms with van der Waals surface area (Å²) in [7, 11) is 3.39. The number of hydrogen-bond acceptors (Lipinski definition) is 4. The number of carbonyl (C=O) groups excluding carboxylic acids is 1. The molecule has 0 bridgehead atoms. The smallest absolute Gasteiger partial charge is 0.224 e. The Balaban J connectivity index is 1.72. The number of amides is 1. The number of rotatable bonds is 5. The summed E-state index contributed by atoms with van der Waals surface area (Å²) in [5.41, 5.74) is 5.47. The quantitative estimate of drug-likeness (QED) is 0.721. The molecule has 5 heteroatoms. The largest absolute Gasteiger partial charge is 0.497 e. The van der Waals surface area contributed by atoms with Crippen LogP contribution in [0.5, 0.6) is 5.75 Å². The van der Waals surface area contributed by atoms with Crippen molar-refractivity contribution in [2.24, 2.45) is 5.92 Å². The number of nitrogens with one attached hydrogen (secondary N) is 1. The van der Waals surface area contributed by atoms with Gasteiger partial charge in [0, 0.05) is 31.1 Å². The summed E-state index contributed by atoms with van der Waals surface area (Å²) < 4.78 is 5.31. The third-order valence-corrected chi connectivity index (χ3v) is 5.77. The number of fused-ring (bicyclic) bond motifs is 1. The zero-order valence-electron chi connectivity index (χ0n) is 17.2. The third kappa shape index (κ3) is 3.96. The van der Waals surface area contributed by atoms with E-state index in [1.165, 1.54) is 11.1 Å². The van der Waals surface area contributed by atoms with Gasteiger partial charge in [-0.3, -0.25) is 9.69 Å². The highest BCUT2D eigenvalue weighted by molar-refractivity contribution is 5.86. The highest BCUT2D eigenvalue weighted by Gasteiger charge is 2.28. The highest BCUT2D eigenvalue weighted by atomic mass is 16.5. The molecule has 1 aromatic heterocycles. The van der Waals surface area contributed by atoms with Crippen LogP contribution in [-0.2, 0) is 11.3 Å². The molecule has 4 rings (SSSR count). The summed E-state index contributed by atoms with van der Waals surface area (Å²) >= 11 is 0. The van der Waals surface area contributed by atoms with Crippen LogP contribution >= 0.6 is 0 Å². The van der Waals surface area contributed by atoms with Crippen molar-refractivity contribution in [3.05, 3.63) is 59.7 Å². The Kier molecular flexibility index (Phi) is 5.49. The molecule has 29 heavy (non-hydrogen) atoms. The molecule has 0 radical (unpaired) electrons. The van der Waals surface area contributed by atoms with Gasteiger partial charge in [0.2, 0.25) is 5.91 Å². The summed E-state index contributed by atoms with van der Waals surface area (Å²) in [5, 5.41) is 3.93. The molecule has 0 unspecified atom stereocenters. The zero-order valence-corrected chi connectivity index (χ0v) is 17.2. The Bertz CT molecular complexity index is 1030. The topological polar surface area (TPSA) is 54.5 Å². The van der Waals surface area contributed by atoms with Crippen molar-refractivity contribution in [2.75, 3.05) is 27.2 Å². The van der Waals surface area contributed by atoms with Crippen molar-refractivity contribution in [3.8, 4) is 17.0 Å². The van der Waals surface area contributed by atoms with Gasteiger partial charge in [-0.25, -0.2) is 4.98 Å². The van der Waals surface area contributed by atoms with E-state index in [-0.39, 0.29) is 11.8 Å². The number of hydrogen-bond donors (Lipinski definition) is 1. The van der Waals surface area contributed by atoms with Crippen molar-refractivity contribution in [3.63, 3.8) is 0 Å². The second kappa shape index (κ2) is 8.21. The fourth-order valence-electron chi connectivity index (χ4n) is 4.15. The van der Waals surface area contributed by atoms with Gasteiger partial charge in [0.05, 0.1) is 24.2 Å². The fraction of sp³-hybridized carbons (Fsp3) is 0.333. The number of likely N-dealkylation sites (tertiary alicyclic amines) is 1. The third-order valence-electron chi connectivity index (χ3n) is 5.77. The van der Waals surface area contributed by atoms with E-state index in [9.17, 15) is 4.79 Å². The first-order chi connectivity index (χ1) is 14.1. The highest BCUT2D eigenvalue weighted by Crippen LogP contribution is 2.30. The van der Waals surface area contributed by atoms with Crippen LogP contribution in [0, 0.1) is 12.8 Å². The number of para-hydroxylation sites is 1. The maximum Gasteiger partial charge on any atom is 0.224 e. The van der Waals surface area contributed by atoms with Gasteiger partial charge in [-0.2, -0.15) is 0 Å². The Morgan fingerprint density at radius 3 is 2.76 bits per heavy atom. The second-order valence-electron chi connectivity index (χ2n) is 7.71. The van der Waals surface area contributed by atoms with E-state index < -0.39 is 0 Å². The van der Waals surface area contributed by atoms with Crippen molar-refractivity contribution < 1.29 is 9.53 Å². The Morgan fingerprint density at radius 1 is 1.24 bits per heavy atom. The fourth-order valence-corrected chi connectivity index (χ4v) is 4.15. The number of aromatic nitrogens is 1. The minimum absolute atomic E-state index is 0.0695. The minimum Gasteiger partial charge on any atom is -0.497 e. The van der Waals surface area contributed by atoms with E-state index in [1.54, 1.807) is 14.2 Å². The SMILES string of the molecule is CNC(=O)[C@H]1CCN(Cc2cc3cccc(C)c3nc2-c2ccc(OC)cc2)C1. The van der Waals surface area contributed by atoms with Gasteiger partial charge in [-0.1, -0.05) is 18.2 Å². The molecule has 1 fully saturated rings. The average Bonchev–Trinajstić information content (AvgIpc) is 3.22. The first-order valence-corrected chi connectivity index (χ1v) is 10.1. The van der Waals surface area contributed by atoms with Crippen LogP contribution < -0.4 is 10.1 Å². The van der Waals surface area contributed by atoms with Gasteiger partial charge in [0.15, 0.2) is 0 Å². The number of pyridine rings is 1. The first kappa shape index (κ1) is 19.4. The van der Waals surface area contributed by atoms with Crippen molar-refractivity contribution in [2.45, 2.75) is 19.9 Å². The van der Waals surface area contributed by atoms with Crippen LogP contribution in [0.3, 0.4) is 0 Å². The lowest BCUT2D eigenvalue weighted by atomic mass is 10.0. The molecule has 1 aliphatic heterocycles. The predicted molar refractivity (Wildman–Crippen MR) is 116 cm³/mol. The molecule has 2 heterocycles. The number of benzene rings is 2. The summed E-state index contributed by atoms with van der Waals surface area (Å²) in [5.74, 6) is 1.04. The van der Waals surface area contributed by atoms with Crippen LogP contribution in [-0.4, -0.2) is 43.0 Å². The van der Waals surface area contributed by atoms with E-state index >= 15 is 0 Å². The van der Waals surface area contributed by atoms with Crippen molar-refractivity contribution in [1.82, 2.24) is 15.2 Å². The van der Waals surface area contributed by atoms with Gasteiger partial charge in [0.1, 0.15) is 5.75 Å². The van der Waals surface area contributed by atoms with Gasteiger partial charge in [-0.05, 0) is 61.3 Å². The molecule has 1 aliphatic rings. The summed E-state index contributed by atoms with van der Waals surface area (Å²) in [6.07, 6.45) is 0.900. The lowest BCUT2D eigenvalue weighted by Gasteiger charge is -2.19. The second-order valence-corrected chi connectivity index (χ2v) is 7.71. The minimum atomic E-state index is 0.0695. The lowest BCUT2D eigenvalue weighted by Crippen LogP contribution is -2.30. The molecule has 2 aromatic carbocycles. The van der Waals surface area contributed by atoms with Crippen molar-refractivity contribution >= 4 is 16.8 Å². The van der Waals surface area contributed by atoms with Gasteiger partial charge in [-0.15, -0.1) is 0 Å². The van der Waals surface area contributed by atoms with Crippen LogP contribution in [0.25, 0.3) is 22.2 Å². The maximum absolute atomic E-state index is 12.0. The lowest BCUT2D eigenvalue weighted by molar-refractivity contribution is -0.124. The number of carbonyl (C=O) groups is 1.